The molecule has 2 atom stereocenters. The fourth-order valence-corrected chi connectivity index (χ4v) is 4.55. The van der Waals surface area contributed by atoms with E-state index in [1.54, 1.807) is 0 Å². The molecule has 0 amide bonds. The van der Waals surface area contributed by atoms with Gasteiger partial charge in [0.15, 0.2) is 0 Å². The smallest absolute Gasteiger partial charge is 0.147 e. The van der Waals surface area contributed by atoms with Crippen LogP contribution in [0.3, 0.4) is 0 Å². The minimum absolute atomic E-state index is 0.141. The van der Waals surface area contributed by atoms with Crippen LogP contribution < -0.4 is 0 Å². The first-order valence-corrected chi connectivity index (χ1v) is 9.83. The number of likely N-dealkylation sites (tertiary alicyclic amines) is 1. The van der Waals surface area contributed by atoms with E-state index < -0.39 is 0 Å². The number of rotatable bonds is 6. The third kappa shape index (κ3) is 4.19. The van der Waals surface area contributed by atoms with Crippen molar-refractivity contribution in [2.24, 2.45) is 11.3 Å². The molecule has 134 valence electrons. The molecule has 0 aromatic heterocycles. The number of benzene rings is 1. The second-order valence-electron chi connectivity index (χ2n) is 7.25. The van der Waals surface area contributed by atoms with Crippen molar-refractivity contribution >= 4 is 29.0 Å². The summed E-state index contributed by atoms with van der Waals surface area (Å²) >= 11 is 12.2. The topological polar surface area (TPSA) is 20.3 Å². The van der Waals surface area contributed by atoms with E-state index in [0.717, 1.165) is 38.9 Å². The van der Waals surface area contributed by atoms with E-state index in [-0.39, 0.29) is 11.3 Å². The number of halogens is 2. The molecule has 0 bridgehead atoms. The van der Waals surface area contributed by atoms with Crippen molar-refractivity contribution in [2.45, 2.75) is 39.2 Å². The predicted octanol–water partition coefficient (Wildman–Crippen LogP) is 5.51. The average molecular weight is 378 g/mol. The number of carbonyl (C=O) groups is 1. The fraction of sp³-hybridized carbons (Fsp3) is 0.476. The number of hydrogen-bond donors (Lipinski definition) is 0. The largest absolute Gasteiger partial charge is 0.298 e. The summed E-state index contributed by atoms with van der Waals surface area (Å²) in [6.07, 6.45) is 7.29. The van der Waals surface area contributed by atoms with Crippen molar-refractivity contribution in [3.63, 3.8) is 0 Å². The lowest BCUT2D eigenvalue weighted by Gasteiger charge is -2.31. The lowest BCUT2D eigenvalue weighted by Crippen LogP contribution is -2.38. The first kappa shape index (κ1) is 18.7. The summed E-state index contributed by atoms with van der Waals surface area (Å²) in [5, 5.41) is 1.07. The molecule has 1 fully saturated rings. The standard InChI is InChI=1S/C21H25Cl2NO/c1-2-10-21(20(25)17-8-9-18(22)19(23)13-17)11-12-24(15-21)14-16-6-4-3-5-7-16/h3-7,9,13,17H,2,8,10-12,14-15H2,1H3/t17?,21-/m0/s1. The van der Waals surface area contributed by atoms with Gasteiger partial charge in [-0.1, -0.05) is 79.0 Å². The van der Waals surface area contributed by atoms with E-state index in [1.165, 1.54) is 5.56 Å². The molecular weight excluding hydrogens is 353 g/mol. The van der Waals surface area contributed by atoms with Gasteiger partial charge in [-0.25, -0.2) is 0 Å². The Morgan fingerprint density at radius 1 is 1.24 bits per heavy atom. The van der Waals surface area contributed by atoms with Crippen LogP contribution in [0.25, 0.3) is 0 Å². The van der Waals surface area contributed by atoms with Crippen molar-refractivity contribution in [3.8, 4) is 0 Å². The van der Waals surface area contributed by atoms with Crippen molar-refractivity contribution in [2.75, 3.05) is 13.1 Å². The molecule has 2 nitrogen and oxygen atoms in total. The number of Topliss-reactive ketones (excluding diaryl/α,β-unsaturated/α-hetero) is 1. The molecule has 0 radical (unpaired) electrons. The maximum Gasteiger partial charge on any atom is 0.147 e. The maximum atomic E-state index is 13.4. The second kappa shape index (κ2) is 8.07. The van der Waals surface area contributed by atoms with Crippen molar-refractivity contribution in [1.82, 2.24) is 4.90 Å². The van der Waals surface area contributed by atoms with Gasteiger partial charge in [0.25, 0.3) is 0 Å². The Labute approximate surface area is 160 Å². The number of allylic oxidation sites excluding steroid dienone is 4. The lowest BCUT2D eigenvalue weighted by molar-refractivity contribution is -0.131. The van der Waals surface area contributed by atoms with Gasteiger partial charge in [-0.2, -0.15) is 0 Å². The zero-order valence-corrected chi connectivity index (χ0v) is 16.2. The first-order valence-electron chi connectivity index (χ1n) is 9.08. The molecule has 1 aliphatic carbocycles. The zero-order valence-electron chi connectivity index (χ0n) is 14.7. The number of ketones is 1. The maximum absolute atomic E-state index is 13.4. The summed E-state index contributed by atoms with van der Waals surface area (Å²) in [6, 6.07) is 10.5. The van der Waals surface area contributed by atoms with Crippen LogP contribution in [0.15, 0.2) is 52.5 Å². The SMILES string of the molecule is CCC[C@]1(C(=O)C2C=C(Cl)C(Cl)=CC2)CCN(Cc2ccccc2)C1. The quantitative estimate of drug-likeness (QED) is 0.650. The summed E-state index contributed by atoms with van der Waals surface area (Å²) < 4.78 is 0. The third-order valence-corrected chi connectivity index (χ3v) is 6.18. The zero-order chi connectivity index (χ0) is 17.9. The van der Waals surface area contributed by atoms with Gasteiger partial charge in [-0.3, -0.25) is 9.69 Å². The highest BCUT2D eigenvalue weighted by Gasteiger charge is 2.45. The Kier molecular flexibility index (Phi) is 6.04. The van der Waals surface area contributed by atoms with Crippen molar-refractivity contribution < 1.29 is 4.79 Å². The van der Waals surface area contributed by atoms with Crippen LogP contribution in [-0.4, -0.2) is 23.8 Å². The Morgan fingerprint density at radius 3 is 2.68 bits per heavy atom. The Morgan fingerprint density at radius 2 is 2.00 bits per heavy atom. The molecule has 1 heterocycles. The highest BCUT2D eigenvalue weighted by atomic mass is 35.5. The normalized spacial score (nSPS) is 27.1. The van der Waals surface area contributed by atoms with Gasteiger partial charge in [0.05, 0.1) is 10.1 Å². The molecule has 2 aliphatic rings. The number of carbonyl (C=O) groups excluding carboxylic acids is 1. The van der Waals surface area contributed by atoms with Crippen LogP contribution in [0, 0.1) is 11.3 Å². The molecule has 25 heavy (non-hydrogen) atoms. The monoisotopic (exact) mass is 377 g/mol. The minimum Gasteiger partial charge on any atom is -0.298 e. The van der Waals surface area contributed by atoms with Crippen molar-refractivity contribution in [1.29, 1.82) is 0 Å². The Balaban J connectivity index is 1.73. The molecule has 1 aliphatic heterocycles. The van der Waals surface area contributed by atoms with E-state index in [4.69, 9.17) is 23.2 Å². The van der Waals surface area contributed by atoms with E-state index in [2.05, 4.69) is 36.1 Å². The highest BCUT2D eigenvalue weighted by molar-refractivity contribution is 6.44. The molecule has 1 saturated heterocycles. The van der Waals surface area contributed by atoms with Crippen LogP contribution in [0.4, 0.5) is 0 Å². The highest BCUT2D eigenvalue weighted by Crippen LogP contribution is 2.41. The molecule has 1 aromatic rings. The van der Waals surface area contributed by atoms with Gasteiger partial charge in [0, 0.05) is 24.4 Å². The molecule has 3 rings (SSSR count). The average Bonchev–Trinajstić information content (AvgIpc) is 3.02. The van der Waals surface area contributed by atoms with E-state index in [0.29, 0.717) is 22.3 Å². The molecule has 4 heteroatoms. The third-order valence-electron chi connectivity index (χ3n) is 5.40. The van der Waals surface area contributed by atoms with E-state index in [1.807, 2.05) is 18.2 Å². The number of nitrogens with zero attached hydrogens (tertiary/aromatic N) is 1. The van der Waals surface area contributed by atoms with Gasteiger partial charge >= 0.3 is 0 Å². The summed E-state index contributed by atoms with van der Waals surface area (Å²) in [5.41, 5.74) is 1.05. The van der Waals surface area contributed by atoms with Gasteiger partial charge in [-0.15, -0.1) is 0 Å². The molecule has 1 aromatic carbocycles. The predicted molar refractivity (Wildman–Crippen MR) is 105 cm³/mol. The van der Waals surface area contributed by atoms with E-state index >= 15 is 0 Å². The summed E-state index contributed by atoms with van der Waals surface area (Å²) in [6.45, 7) is 4.89. The van der Waals surface area contributed by atoms with Crippen LogP contribution in [0.1, 0.15) is 38.2 Å². The Bertz CT molecular complexity index is 682. The molecule has 1 unspecified atom stereocenters. The molecule has 0 N–H and O–H groups in total. The fourth-order valence-electron chi connectivity index (χ4n) is 4.17. The van der Waals surface area contributed by atoms with E-state index in [9.17, 15) is 4.79 Å². The summed E-state index contributed by atoms with van der Waals surface area (Å²) in [5.74, 6) is 0.196. The molecule has 0 saturated carbocycles. The van der Waals surface area contributed by atoms with Gasteiger partial charge in [0.1, 0.15) is 5.78 Å². The first-order chi connectivity index (χ1) is 12.0. The van der Waals surface area contributed by atoms with Gasteiger partial charge < -0.3 is 0 Å². The Hall–Kier alpha value is -1.09. The van der Waals surface area contributed by atoms with Crippen LogP contribution in [0.5, 0.6) is 0 Å². The molecular formula is C21H25Cl2NO. The summed E-state index contributed by atoms with van der Waals surface area (Å²) in [4.78, 5) is 15.8. The van der Waals surface area contributed by atoms with Crippen LogP contribution in [0.2, 0.25) is 0 Å². The summed E-state index contributed by atoms with van der Waals surface area (Å²) in [7, 11) is 0. The van der Waals surface area contributed by atoms with Crippen molar-refractivity contribution in [3.05, 3.63) is 58.1 Å². The van der Waals surface area contributed by atoms with Gasteiger partial charge in [0.2, 0.25) is 0 Å². The number of hydrogen-bond acceptors (Lipinski definition) is 2. The second-order valence-corrected chi connectivity index (χ2v) is 8.06. The molecule has 0 spiro atoms. The van der Waals surface area contributed by atoms with Crippen LogP contribution in [-0.2, 0) is 11.3 Å². The lowest BCUT2D eigenvalue weighted by atomic mass is 9.72. The minimum atomic E-state index is -0.250. The van der Waals surface area contributed by atoms with Crippen LogP contribution >= 0.6 is 23.2 Å². The van der Waals surface area contributed by atoms with Gasteiger partial charge in [-0.05, 0) is 31.4 Å².